The summed E-state index contributed by atoms with van der Waals surface area (Å²) in [5.41, 5.74) is -0.266. The number of halogens is 4. The van der Waals surface area contributed by atoms with Gasteiger partial charge in [0.1, 0.15) is 5.69 Å². The first-order valence-corrected chi connectivity index (χ1v) is 10.3. The van der Waals surface area contributed by atoms with Crippen LogP contribution in [0.4, 0.5) is 18.9 Å². The Morgan fingerprint density at radius 1 is 1.17 bits per heavy atom. The highest BCUT2D eigenvalue weighted by atomic mass is 35.5. The molecule has 1 heterocycles. The summed E-state index contributed by atoms with van der Waals surface area (Å²) in [4.78, 5) is 15.8. The fourth-order valence-electron chi connectivity index (χ4n) is 2.90. The van der Waals surface area contributed by atoms with E-state index in [0.717, 1.165) is 25.3 Å². The number of pyridine rings is 1. The number of ether oxygens (including phenoxy) is 1. The molecular weight excluding hydrogens is 417 g/mol. The van der Waals surface area contributed by atoms with E-state index < -0.39 is 11.9 Å². The van der Waals surface area contributed by atoms with E-state index in [1.165, 1.54) is 12.1 Å². The minimum atomic E-state index is -4.49. The zero-order chi connectivity index (χ0) is 22.1. The molecule has 0 aliphatic rings. The molecular formula is C22H26ClF3N2O2. The van der Waals surface area contributed by atoms with Crippen molar-refractivity contribution in [3.63, 3.8) is 0 Å². The van der Waals surface area contributed by atoms with Crippen molar-refractivity contribution in [2.75, 3.05) is 11.9 Å². The van der Waals surface area contributed by atoms with E-state index in [1.807, 2.05) is 13.8 Å². The number of amides is 1. The molecule has 0 aliphatic heterocycles. The van der Waals surface area contributed by atoms with Crippen LogP contribution in [0.1, 0.15) is 45.2 Å². The zero-order valence-electron chi connectivity index (χ0n) is 17.0. The summed E-state index contributed by atoms with van der Waals surface area (Å²) >= 11 is 5.84. The van der Waals surface area contributed by atoms with Crippen molar-refractivity contribution in [2.45, 2.75) is 45.7 Å². The highest BCUT2D eigenvalue weighted by Crippen LogP contribution is 2.29. The lowest BCUT2D eigenvalue weighted by Crippen LogP contribution is -2.21. The van der Waals surface area contributed by atoms with Gasteiger partial charge >= 0.3 is 6.18 Å². The molecule has 0 saturated heterocycles. The van der Waals surface area contributed by atoms with Crippen molar-refractivity contribution in [3.8, 4) is 5.88 Å². The molecule has 0 bridgehead atoms. The number of anilines is 1. The lowest BCUT2D eigenvalue weighted by atomic mass is 9.96. The first kappa shape index (κ1) is 24.0. The topological polar surface area (TPSA) is 51.2 Å². The van der Waals surface area contributed by atoms with Gasteiger partial charge in [-0.2, -0.15) is 13.2 Å². The Morgan fingerprint density at radius 3 is 2.50 bits per heavy atom. The number of aromatic nitrogens is 1. The monoisotopic (exact) mass is 442 g/mol. The van der Waals surface area contributed by atoms with E-state index in [1.54, 1.807) is 24.3 Å². The molecule has 0 fully saturated rings. The highest BCUT2D eigenvalue weighted by Gasteiger charge is 2.32. The lowest BCUT2D eigenvalue weighted by molar-refractivity contribution is -0.141. The molecule has 164 valence electrons. The van der Waals surface area contributed by atoms with E-state index in [0.29, 0.717) is 17.1 Å². The first-order valence-electron chi connectivity index (χ1n) is 9.92. The zero-order valence-corrected chi connectivity index (χ0v) is 17.8. The molecule has 30 heavy (non-hydrogen) atoms. The van der Waals surface area contributed by atoms with Gasteiger partial charge in [-0.25, -0.2) is 4.98 Å². The van der Waals surface area contributed by atoms with Crippen LogP contribution in [-0.4, -0.2) is 17.5 Å². The Balaban J connectivity index is 1.75. The molecule has 1 amide bonds. The van der Waals surface area contributed by atoms with Crippen molar-refractivity contribution in [1.29, 1.82) is 0 Å². The molecule has 0 spiro atoms. The SMILES string of the molecule is CC[C@H](CCC[C@H](C)C(=O)Nc1ccc(Cl)cc1)COc1cccc(C(F)(F)F)n1. The second kappa shape index (κ2) is 11.2. The third-order valence-electron chi connectivity index (χ3n) is 4.87. The molecule has 2 rings (SSSR count). The van der Waals surface area contributed by atoms with Gasteiger partial charge in [-0.3, -0.25) is 4.79 Å². The Hall–Kier alpha value is -2.28. The number of nitrogens with one attached hydrogen (secondary N) is 1. The molecule has 0 unspecified atom stereocenters. The molecule has 0 aliphatic carbocycles. The van der Waals surface area contributed by atoms with Crippen LogP contribution in [0.5, 0.6) is 5.88 Å². The standard InChI is InChI=1S/C22H26ClF3N2O2/c1-3-16(14-30-20-9-5-8-19(28-20)22(24,25)26)7-4-6-15(2)21(29)27-18-12-10-17(23)11-13-18/h5,8-13,15-16H,3-4,6-7,14H2,1-2H3,(H,27,29)/t15-,16+/m0/s1. The second-order valence-corrected chi connectivity index (χ2v) is 7.71. The average molecular weight is 443 g/mol. The van der Waals surface area contributed by atoms with Crippen molar-refractivity contribution in [1.82, 2.24) is 4.98 Å². The molecule has 2 atom stereocenters. The van der Waals surface area contributed by atoms with Gasteiger partial charge in [0.2, 0.25) is 11.8 Å². The summed E-state index contributed by atoms with van der Waals surface area (Å²) < 4.78 is 43.7. The van der Waals surface area contributed by atoms with Crippen molar-refractivity contribution >= 4 is 23.2 Å². The van der Waals surface area contributed by atoms with Gasteiger partial charge in [0.25, 0.3) is 0 Å². The summed E-state index contributed by atoms with van der Waals surface area (Å²) in [6, 6.07) is 10.6. The molecule has 0 saturated carbocycles. The van der Waals surface area contributed by atoms with Crippen LogP contribution in [0.3, 0.4) is 0 Å². The number of alkyl halides is 3. The van der Waals surface area contributed by atoms with Gasteiger partial charge in [-0.15, -0.1) is 0 Å². The minimum absolute atomic E-state index is 0.0287. The Labute approximate surface area is 179 Å². The van der Waals surface area contributed by atoms with Crippen LogP contribution < -0.4 is 10.1 Å². The molecule has 4 nitrogen and oxygen atoms in total. The van der Waals surface area contributed by atoms with Gasteiger partial charge in [-0.1, -0.05) is 44.4 Å². The summed E-state index contributed by atoms with van der Waals surface area (Å²) in [5, 5.41) is 3.47. The van der Waals surface area contributed by atoms with Crippen molar-refractivity contribution in [3.05, 3.63) is 53.2 Å². The van der Waals surface area contributed by atoms with Gasteiger partial charge in [-0.05, 0) is 49.1 Å². The Kier molecular flexibility index (Phi) is 8.96. The van der Waals surface area contributed by atoms with E-state index in [2.05, 4.69) is 10.3 Å². The highest BCUT2D eigenvalue weighted by molar-refractivity contribution is 6.30. The summed E-state index contributed by atoms with van der Waals surface area (Å²) in [7, 11) is 0. The van der Waals surface area contributed by atoms with Crippen LogP contribution in [0, 0.1) is 11.8 Å². The lowest BCUT2D eigenvalue weighted by Gasteiger charge is -2.17. The third kappa shape index (κ3) is 7.86. The fraction of sp³-hybridized carbons (Fsp3) is 0.455. The predicted octanol–water partition coefficient (Wildman–Crippen LogP) is 6.60. The number of benzene rings is 1. The second-order valence-electron chi connectivity index (χ2n) is 7.27. The summed E-state index contributed by atoms with van der Waals surface area (Å²) in [6.07, 6.45) is -1.34. The quantitative estimate of drug-likeness (QED) is 0.450. The van der Waals surface area contributed by atoms with Crippen LogP contribution in [0.2, 0.25) is 5.02 Å². The molecule has 0 radical (unpaired) electrons. The van der Waals surface area contributed by atoms with Gasteiger partial charge < -0.3 is 10.1 Å². The largest absolute Gasteiger partial charge is 0.477 e. The number of hydrogen-bond acceptors (Lipinski definition) is 3. The van der Waals surface area contributed by atoms with Gasteiger partial charge in [0.05, 0.1) is 6.61 Å². The minimum Gasteiger partial charge on any atom is -0.477 e. The van der Waals surface area contributed by atoms with Crippen molar-refractivity contribution in [2.24, 2.45) is 11.8 Å². The third-order valence-corrected chi connectivity index (χ3v) is 5.12. The normalized spacial score (nSPS) is 13.5. The predicted molar refractivity (Wildman–Crippen MR) is 112 cm³/mol. The number of carbonyl (C=O) groups excluding carboxylic acids is 1. The maximum Gasteiger partial charge on any atom is 0.433 e. The number of hydrogen-bond donors (Lipinski definition) is 1. The molecule has 1 N–H and O–H groups in total. The number of nitrogens with zero attached hydrogens (tertiary/aromatic N) is 1. The molecule has 1 aromatic heterocycles. The fourth-order valence-corrected chi connectivity index (χ4v) is 3.03. The van der Waals surface area contributed by atoms with E-state index in [-0.39, 0.29) is 30.2 Å². The Morgan fingerprint density at radius 2 is 1.87 bits per heavy atom. The summed E-state index contributed by atoms with van der Waals surface area (Å²) in [5.74, 6) is -0.0779. The Bertz CT molecular complexity index is 813. The number of rotatable bonds is 10. The van der Waals surface area contributed by atoms with E-state index >= 15 is 0 Å². The van der Waals surface area contributed by atoms with Crippen LogP contribution >= 0.6 is 11.6 Å². The number of carbonyl (C=O) groups is 1. The molecule has 2 aromatic rings. The van der Waals surface area contributed by atoms with E-state index in [9.17, 15) is 18.0 Å². The van der Waals surface area contributed by atoms with Crippen LogP contribution in [0.25, 0.3) is 0 Å². The molecule has 8 heteroatoms. The maximum absolute atomic E-state index is 12.7. The summed E-state index contributed by atoms with van der Waals surface area (Å²) in [6.45, 7) is 4.16. The smallest absolute Gasteiger partial charge is 0.433 e. The van der Waals surface area contributed by atoms with E-state index in [4.69, 9.17) is 16.3 Å². The molecule has 1 aromatic carbocycles. The maximum atomic E-state index is 12.7. The average Bonchev–Trinajstić information content (AvgIpc) is 2.71. The van der Waals surface area contributed by atoms with Crippen LogP contribution in [-0.2, 0) is 11.0 Å². The van der Waals surface area contributed by atoms with Gasteiger partial charge in [0.15, 0.2) is 0 Å². The first-order chi connectivity index (χ1) is 14.2. The van der Waals surface area contributed by atoms with Gasteiger partial charge in [0, 0.05) is 22.7 Å². The van der Waals surface area contributed by atoms with Crippen LogP contribution in [0.15, 0.2) is 42.5 Å². The van der Waals surface area contributed by atoms with Crippen molar-refractivity contribution < 1.29 is 22.7 Å².